The fourth-order valence-electron chi connectivity index (χ4n) is 3.19. The van der Waals surface area contributed by atoms with Crippen LogP contribution in [0.3, 0.4) is 0 Å². The van der Waals surface area contributed by atoms with Crippen molar-refractivity contribution in [1.82, 2.24) is 9.88 Å². The molecule has 1 aromatic carbocycles. The fraction of sp³-hybridized carbons (Fsp3) is 0.500. The Hall–Kier alpha value is -1.28. The van der Waals surface area contributed by atoms with Crippen LogP contribution in [0.2, 0.25) is 0 Å². The summed E-state index contributed by atoms with van der Waals surface area (Å²) < 4.78 is 2.38. The van der Waals surface area contributed by atoms with Gasteiger partial charge < -0.3 is 9.88 Å². The molecule has 2 nitrogen and oxygen atoms in total. The fourth-order valence-corrected chi connectivity index (χ4v) is 3.19. The molecule has 1 aromatic heterocycles. The molecule has 1 aliphatic rings. The predicted octanol–water partition coefficient (Wildman–Crippen LogP) is 2.99. The summed E-state index contributed by atoms with van der Waals surface area (Å²) in [6.07, 6.45) is 2.33. The van der Waals surface area contributed by atoms with Crippen molar-refractivity contribution in [2.75, 3.05) is 7.05 Å². The Kier molecular flexibility index (Phi) is 2.70. The van der Waals surface area contributed by atoms with Crippen LogP contribution in [0.5, 0.6) is 0 Å². The average molecular weight is 242 g/mol. The second kappa shape index (κ2) is 4.13. The Morgan fingerprint density at radius 1 is 1.28 bits per heavy atom. The van der Waals surface area contributed by atoms with Gasteiger partial charge >= 0.3 is 0 Å². The first-order valence-corrected chi connectivity index (χ1v) is 6.89. The number of benzene rings is 1. The van der Waals surface area contributed by atoms with Crippen LogP contribution in [0.25, 0.3) is 10.9 Å². The van der Waals surface area contributed by atoms with Crippen molar-refractivity contribution in [3.05, 3.63) is 35.0 Å². The SMILES string of the molecule is CNC1Cc2c(n(C)c3ccc(C(C)C)cc23)C1. The van der Waals surface area contributed by atoms with Gasteiger partial charge in [0.05, 0.1) is 0 Å². The lowest BCUT2D eigenvalue weighted by Gasteiger charge is -2.10. The Morgan fingerprint density at radius 2 is 2.06 bits per heavy atom. The molecule has 0 saturated carbocycles. The molecular weight excluding hydrogens is 220 g/mol. The molecule has 0 aliphatic heterocycles. The Balaban J connectivity index is 2.18. The van der Waals surface area contributed by atoms with E-state index in [1.807, 2.05) is 0 Å². The molecule has 1 unspecified atom stereocenters. The number of likely N-dealkylation sites (N-methyl/N-ethyl adjacent to an activating group) is 1. The third kappa shape index (κ3) is 1.59. The summed E-state index contributed by atoms with van der Waals surface area (Å²) in [6, 6.07) is 7.58. The predicted molar refractivity (Wildman–Crippen MR) is 77.3 cm³/mol. The topological polar surface area (TPSA) is 17.0 Å². The van der Waals surface area contributed by atoms with Crippen molar-refractivity contribution in [3.63, 3.8) is 0 Å². The van der Waals surface area contributed by atoms with Crippen molar-refractivity contribution in [2.24, 2.45) is 7.05 Å². The molecule has 1 N–H and O–H groups in total. The molecule has 0 bridgehead atoms. The molecule has 1 atom stereocenters. The molecule has 1 aliphatic carbocycles. The van der Waals surface area contributed by atoms with Crippen molar-refractivity contribution in [1.29, 1.82) is 0 Å². The zero-order chi connectivity index (χ0) is 12.9. The first-order chi connectivity index (χ1) is 8.61. The maximum atomic E-state index is 3.41. The van der Waals surface area contributed by atoms with Gasteiger partial charge in [-0.3, -0.25) is 0 Å². The van der Waals surface area contributed by atoms with Crippen LogP contribution < -0.4 is 5.32 Å². The smallest absolute Gasteiger partial charge is 0.0482 e. The van der Waals surface area contributed by atoms with Crippen molar-refractivity contribution < 1.29 is 0 Å². The van der Waals surface area contributed by atoms with Crippen LogP contribution >= 0.6 is 0 Å². The van der Waals surface area contributed by atoms with Gasteiger partial charge in [0.2, 0.25) is 0 Å². The molecule has 2 aromatic rings. The highest BCUT2D eigenvalue weighted by Gasteiger charge is 2.26. The minimum absolute atomic E-state index is 0.603. The molecular formula is C16H22N2. The lowest BCUT2D eigenvalue weighted by Crippen LogP contribution is -2.25. The molecule has 0 radical (unpaired) electrons. The third-order valence-electron chi connectivity index (χ3n) is 4.43. The highest BCUT2D eigenvalue weighted by molar-refractivity contribution is 5.87. The Bertz CT molecular complexity index is 593. The second-order valence-corrected chi connectivity index (χ2v) is 5.81. The third-order valence-corrected chi connectivity index (χ3v) is 4.43. The number of hydrogen-bond donors (Lipinski definition) is 1. The van der Waals surface area contributed by atoms with Gasteiger partial charge in [0.25, 0.3) is 0 Å². The average Bonchev–Trinajstić information content (AvgIpc) is 2.89. The van der Waals surface area contributed by atoms with Gasteiger partial charge in [0.1, 0.15) is 0 Å². The zero-order valence-corrected chi connectivity index (χ0v) is 11.7. The number of aromatic nitrogens is 1. The van der Waals surface area contributed by atoms with Crippen LogP contribution in [0.4, 0.5) is 0 Å². The number of hydrogen-bond acceptors (Lipinski definition) is 1. The van der Waals surface area contributed by atoms with Crippen LogP contribution in [-0.4, -0.2) is 17.7 Å². The summed E-state index contributed by atoms with van der Waals surface area (Å²) in [7, 11) is 4.27. The van der Waals surface area contributed by atoms with Crippen LogP contribution in [0.1, 0.15) is 36.6 Å². The molecule has 96 valence electrons. The standard InChI is InChI=1S/C16H22N2/c1-10(2)11-5-6-15-13(7-11)14-8-12(17-3)9-16(14)18(15)4/h5-7,10,12,17H,8-9H2,1-4H3. The molecule has 0 amide bonds. The maximum Gasteiger partial charge on any atom is 0.0482 e. The minimum atomic E-state index is 0.603. The lowest BCUT2D eigenvalue weighted by atomic mass is 10.00. The van der Waals surface area contributed by atoms with Gasteiger partial charge in [-0.2, -0.15) is 0 Å². The van der Waals surface area contributed by atoms with Gasteiger partial charge in [-0.25, -0.2) is 0 Å². The molecule has 0 spiro atoms. The van der Waals surface area contributed by atoms with Gasteiger partial charge in [0, 0.05) is 36.1 Å². The second-order valence-electron chi connectivity index (χ2n) is 5.81. The highest BCUT2D eigenvalue weighted by atomic mass is 15.0. The van der Waals surface area contributed by atoms with E-state index >= 15 is 0 Å². The van der Waals surface area contributed by atoms with E-state index in [9.17, 15) is 0 Å². The molecule has 18 heavy (non-hydrogen) atoms. The minimum Gasteiger partial charge on any atom is -0.347 e. The Labute approximate surface area is 109 Å². The first-order valence-electron chi connectivity index (χ1n) is 6.89. The summed E-state index contributed by atoms with van der Waals surface area (Å²) in [5, 5.41) is 4.88. The van der Waals surface area contributed by atoms with E-state index in [0.717, 1.165) is 6.42 Å². The van der Waals surface area contributed by atoms with Gasteiger partial charge in [0.15, 0.2) is 0 Å². The van der Waals surface area contributed by atoms with Gasteiger partial charge in [-0.1, -0.05) is 19.9 Å². The van der Waals surface area contributed by atoms with Crippen LogP contribution in [-0.2, 0) is 19.9 Å². The van der Waals surface area contributed by atoms with E-state index in [4.69, 9.17) is 0 Å². The summed E-state index contributed by atoms with van der Waals surface area (Å²) in [5.41, 5.74) is 5.92. The largest absolute Gasteiger partial charge is 0.347 e. The normalized spacial score (nSPS) is 18.8. The maximum absolute atomic E-state index is 3.41. The van der Waals surface area contributed by atoms with Gasteiger partial charge in [-0.05, 0) is 42.6 Å². The quantitative estimate of drug-likeness (QED) is 0.856. The van der Waals surface area contributed by atoms with E-state index in [2.05, 4.69) is 56.0 Å². The Morgan fingerprint density at radius 3 is 2.72 bits per heavy atom. The molecule has 2 heteroatoms. The number of fused-ring (bicyclic) bond motifs is 3. The van der Waals surface area contributed by atoms with Gasteiger partial charge in [-0.15, -0.1) is 0 Å². The summed E-state index contributed by atoms with van der Waals surface area (Å²) >= 11 is 0. The number of aryl methyl sites for hydroxylation is 1. The molecule has 0 saturated heterocycles. The van der Waals surface area contributed by atoms with E-state index in [-0.39, 0.29) is 0 Å². The monoisotopic (exact) mass is 242 g/mol. The lowest BCUT2D eigenvalue weighted by molar-refractivity contribution is 0.585. The van der Waals surface area contributed by atoms with Crippen molar-refractivity contribution in [2.45, 2.75) is 38.6 Å². The molecule has 0 fully saturated rings. The summed E-state index contributed by atoms with van der Waals surface area (Å²) in [5.74, 6) is 0.603. The number of nitrogens with zero attached hydrogens (tertiary/aromatic N) is 1. The van der Waals surface area contributed by atoms with E-state index < -0.39 is 0 Å². The van der Waals surface area contributed by atoms with Crippen LogP contribution in [0, 0.1) is 0 Å². The zero-order valence-electron chi connectivity index (χ0n) is 11.7. The van der Waals surface area contributed by atoms with E-state index in [1.54, 1.807) is 5.56 Å². The highest BCUT2D eigenvalue weighted by Crippen LogP contribution is 2.34. The molecule has 1 heterocycles. The number of rotatable bonds is 2. The van der Waals surface area contributed by atoms with Crippen molar-refractivity contribution in [3.8, 4) is 0 Å². The number of nitrogens with one attached hydrogen (secondary N) is 1. The first kappa shape index (κ1) is 11.8. The van der Waals surface area contributed by atoms with Crippen LogP contribution in [0.15, 0.2) is 18.2 Å². The summed E-state index contributed by atoms with van der Waals surface area (Å²) in [4.78, 5) is 0. The summed E-state index contributed by atoms with van der Waals surface area (Å²) in [6.45, 7) is 4.53. The van der Waals surface area contributed by atoms with E-state index in [0.29, 0.717) is 12.0 Å². The van der Waals surface area contributed by atoms with Crippen molar-refractivity contribution >= 4 is 10.9 Å². The molecule has 3 rings (SSSR count). The van der Waals surface area contributed by atoms with E-state index in [1.165, 1.54) is 28.6 Å².